The van der Waals surface area contributed by atoms with E-state index in [0.29, 0.717) is 23.3 Å². The largest absolute Gasteiger partial charge is 0.313 e. The van der Waals surface area contributed by atoms with E-state index in [9.17, 15) is 8.42 Å². The third-order valence-electron chi connectivity index (χ3n) is 2.91. The molecule has 4 nitrogen and oxygen atoms in total. The lowest BCUT2D eigenvalue weighted by Crippen LogP contribution is -2.35. The molecule has 1 aliphatic carbocycles. The molecule has 0 bridgehead atoms. The van der Waals surface area contributed by atoms with Gasteiger partial charge >= 0.3 is 0 Å². The van der Waals surface area contributed by atoms with Crippen molar-refractivity contribution in [3.05, 3.63) is 29.3 Å². The van der Waals surface area contributed by atoms with Crippen LogP contribution in [0, 0.1) is 0 Å². The zero-order valence-corrected chi connectivity index (χ0v) is 11.8. The highest BCUT2D eigenvalue weighted by molar-refractivity contribution is 7.93. The molecule has 0 amide bonds. The molecule has 1 aromatic carbocycles. The number of sulfonamides is 1. The second kappa shape index (κ2) is 5.47. The Morgan fingerprint density at radius 2 is 1.94 bits per heavy atom. The van der Waals surface area contributed by atoms with Crippen molar-refractivity contribution in [1.82, 2.24) is 5.32 Å². The molecule has 100 valence electrons. The van der Waals surface area contributed by atoms with Gasteiger partial charge in [-0.3, -0.25) is 4.72 Å². The molecule has 1 aliphatic rings. The second-order valence-corrected chi connectivity index (χ2v) is 7.18. The summed E-state index contributed by atoms with van der Waals surface area (Å²) in [5, 5.41) is 3.34. The van der Waals surface area contributed by atoms with Crippen LogP contribution in [-0.4, -0.2) is 26.3 Å². The van der Waals surface area contributed by atoms with E-state index in [4.69, 9.17) is 11.6 Å². The van der Waals surface area contributed by atoms with Crippen molar-refractivity contribution in [2.45, 2.75) is 31.1 Å². The molecule has 1 fully saturated rings. The number of benzene rings is 1. The molecular weight excluding hydrogens is 272 g/mol. The highest BCUT2D eigenvalue weighted by Crippen LogP contribution is 2.19. The monoisotopic (exact) mass is 288 g/mol. The predicted octanol–water partition coefficient (Wildman–Crippen LogP) is 2.22. The highest BCUT2D eigenvalue weighted by Gasteiger charge is 2.25. The molecule has 0 aliphatic heterocycles. The van der Waals surface area contributed by atoms with E-state index in [1.54, 1.807) is 31.2 Å². The van der Waals surface area contributed by atoms with Crippen molar-refractivity contribution < 1.29 is 8.42 Å². The fraction of sp³-hybridized carbons (Fsp3) is 0.500. The first-order valence-electron chi connectivity index (χ1n) is 5.98. The number of rotatable bonds is 6. The summed E-state index contributed by atoms with van der Waals surface area (Å²) in [6.45, 7) is 2.18. The minimum absolute atomic E-state index is 0.464. The maximum atomic E-state index is 12.0. The van der Waals surface area contributed by atoms with Crippen molar-refractivity contribution in [2.75, 3.05) is 11.3 Å². The summed E-state index contributed by atoms with van der Waals surface area (Å²) in [6.07, 6.45) is 2.30. The third kappa shape index (κ3) is 3.86. The van der Waals surface area contributed by atoms with Crippen molar-refractivity contribution in [1.29, 1.82) is 0 Å². The van der Waals surface area contributed by atoms with E-state index in [2.05, 4.69) is 10.0 Å². The Balaban J connectivity index is 1.94. The smallest absolute Gasteiger partial charge is 0.236 e. The molecule has 2 N–H and O–H groups in total. The lowest BCUT2D eigenvalue weighted by molar-refractivity contribution is 0.576. The zero-order chi connectivity index (χ0) is 13.2. The second-order valence-electron chi connectivity index (χ2n) is 4.65. The van der Waals surface area contributed by atoms with Crippen LogP contribution in [0.15, 0.2) is 24.3 Å². The van der Waals surface area contributed by atoms with E-state index < -0.39 is 15.3 Å². The molecule has 0 radical (unpaired) electrons. The summed E-state index contributed by atoms with van der Waals surface area (Å²) in [6, 6.07) is 7.14. The molecular formula is C12H17ClN2O2S. The van der Waals surface area contributed by atoms with Gasteiger partial charge in [-0.1, -0.05) is 11.6 Å². The lowest BCUT2D eigenvalue weighted by Gasteiger charge is -2.15. The maximum absolute atomic E-state index is 12.0. The minimum atomic E-state index is -3.35. The third-order valence-corrected chi connectivity index (χ3v) is 4.90. The maximum Gasteiger partial charge on any atom is 0.236 e. The summed E-state index contributed by atoms with van der Waals surface area (Å²) in [5.74, 6) is 0. The van der Waals surface area contributed by atoms with Crippen LogP contribution >= 0.6 is 11.6 Å². The standard InChI is InChI=1S/C12H17ClN2O2S/c1-9(8-14-11-6-7-11)18(16,17)15-12-4-2-10(13)3-5-12/h2-5,9,11,14-15H,6-8H2,1H3. The molecule has 0 heterocycles. The Kier molecular flexibility index (Phi) is 4.14. The predicted molar refractivity (Wildman–Crippen MR) is 74.5 cm³/mol. The Morgan fingerprint density at radius 3 is 2.50 bits per heavy atom. The number of halogens is 1. The van der Waals surface area contributed by atoms with E-state index in [0.717, 1.165) is 12.8 Å². The lowest BCUT2D eigenvalue weighted by atomic mass is 10.3. The fourth-order valence-corrected chi connectivity index (χ4v) is 2.62. The molecule has 6 heteroatoms. The van der Waals surface area contributed by atoms with Gasteiger partial charge in [0.15, 0.2) is 0 Å². The van der Waals surface area contributed by atoms with Gasteiger partial charge in [-0.15, -0.1) is 0 Å². The average Bonchev–Trinajstić information content (AvgIpc) is 3.12. The van der Waals surface area contributed by atoms with Gasteiger partial charge in [0.2, 0.25) is 10.0 Å². The van der Waals surface area contributed by atoms with Gasteiger partial charge in [0.1, 0.15) is 0 Å². The van der Waals surface area contributed by atoms with Gasteiger partial charge in [-0.05, 0) is 44.0 Å². The molecule has 1 atom stereocenters. The van der Waals surface area contributed by atoms with Crippen LogP contribution < -0.4 is 10.0 Å². The van der Waals surface area contributed by atoms with Gasteiger partial charge in [0.05, 0.1) is 5.25 Å². The normalized spacial score (nSPS) is 17.4. The van der Waals surface area contributed by atoms with Crippen LogP contribution in [-0.2, 0) is 10.0 Å². The summed E-state index contributed by atoms with van der Waals surface area (Å²) < 4.78 is 26.6. The molecule has 0 aromatic heterocycles. The Bertz CT molecular complexity index is 497. The quantitative estimate of drug-likeness (QED) is 0.844. The van der Waals surface area contributed by atoms with E-state index in [1.807, 2.05) is 0 Å². The van der Waals surface area contributed by atoms with Crippen LogP contribution in [0.1, 0.15) is 19.8 Å². The van der Waals surface area contributed by atoms with E-state index in [-0.39, 0.29) is 0 Å². The molecule has 1 unspecified atom stereocenters. The van der Waals surface area contributed by atoms with E-state index in [1.165, 1.54) is 0 Å². The van der Waals surface area contributed by atoms with Crippen LogP contribution in [0.4, 0.5) is 5.69 Å². The van der Waals surface area contributed by atoms with Crippen molar-refractivity contribution in [2.24, 2.45) is 0 Å². The summed E-state index contributed by atoms with van der Waals surface area (Å²) in [5.41, 5.74) is 0.540. The van der Waals surface area contributed by atoms with Gasteiger partial charge in [0.25, 0.3) is 0 Å². The van der Waals surface area contributed by atoms with Gasteiger partial charge in [-0.2, -0.15) is 0 Å². The Morgan fingerprint density at radius 1 is 1.33 bits per heavy atom. The minimum Gasteiger partial charge on any atom is -0.313 e. The Labute approximate surface area is 113 Å². The number of anilines is 1. The SMILES string of the molecule is CC(CNC1CC1)S(=O)(=O)Nc1ccc(Cl)cc1. The van der Waals surface area contributed by atoms with Crippen LogP contribution in [0.2, 0.25) is 5.02 Å². The number of hydrogen-bond donors (Lipinski definition) is 2. The first-order chi connectivity index (χ1) is 8.47. The number of hydrogen-bond acceptors (Lipinski definition) is 3. The van der Waals surface area contributed by atoms with Gasteiger partial charge < -0.3 is 5.32 Å². The highest BCUT2D eigenvalue weighted by atomic mass is 35.5. The molecule has 1 saturated carbocycles. The van der Waals surface area contributed by atoms with Gasteiger partial charge in [-0.25, -0.2) is 8.42 Å². The zero-order valence-electron chi connectivity index (χ0n) is 10.2. The number of nitrogens with one attached hydrogen (secondary N) is 2. The van der Waals surface area contributed by atoms with Crippen molar-refractivity contribution in [3.8, 4) is 0 Å². The van der Waals surface area contributed by atoms with E-state index >= 15 is 0 Å². The summed E-state index contributed by atoms with van der Waals surface area (Å²) in [7, 11) is -3.35. The average molecular weight is 289 g/mol. The Hall–Kier alpha value is -0.780. The first kappa shape index (κ1) is 13.6. The summed E-state index contributed by atoms with van der Waals surface area (Å²) in [4.78, 5) is 0. The fourth-order valence-electron chi connectivity index (χ4n) is 1.51. The first-order valence-corrected chi connectivity index (χ1v) is 7.90. The molecule has 18 heavy (non-hydrogen) atoms. The molecule has 0 spiro atoms. The van der Waals surface area contributed by atoms with Crippen molar-refractivity contribution >= 4 is 27.3 Å². The summed E-state index contributed by atoms with van der Waals surface area (Å²) >= 11 is 5.75. The molecule has 2 rings (SSSR count). The van der Waals surface area contributed by atoms with Gasteiger partial charge in [0, 0.05) is 23.3 Å². The topological polar surface area (TPSA) is 58.2 Å². The van der Waals surface area contributed by atoms with Crippen LogP contribution in [0.25, 0.3) is 0 Å². The van der Waals surface area contributed by atoms with Crippen molar-refractivity contribution in [3.63, 3.8) is 0 Å². The van der Waals surface area contributed by atoms with Crippen LogP contribution in [0.3, 0.4) is 0 Å². The molecule has 1 aromatic rings. The van der Waals surface area contributed by atoms with Crippen LogP contribution in [0.5, 0.6) is 0 Å². The molecule has 0 saturated heterocycles.